The number of halogens is 1. The molecule has 0 radical (unpaired) electrons. The molecule has 1 atom stereocenters. The van der Waals surface area contributed by atoms with Gasteiger partial charge in [0.15, 0.2) is 6.29 Å². The number of allylic oxidation sites excluding steroid dienone is 1. The zero-order valence-corrected chi connectivity index (χ0v) is 18.8. The number of hydrogen-bond donors (Lipinski definition) is 1. The molecular formula is C23H29FO4Si. The van der Waals surface area contributed by atoms with Crippen LogP contribution in [0.4, 0.5) is 4.39 Å². The summed E-state index contributed by atoms with van der Waals surface area (Å²) < 4.78 is 33.3. The van der Waals surface area contributed by atoms with E-state index < -0.39 is 14.6 Å². The minimum absolute atomic E-state index is 0.0227. The van der Waals surface area contributed by atoms with Gasteiger partial charge in [-0.15, -0.1) is 0 Å². The van der Waals surface area contributed by atoms with Crippen LogP contribution in [0.15, 0.2) is 23.5 Å². The van der Waals surface area contributed by atoms with E-state index in [-0.39, 0.29) is 17.5 Å². The molecule has 1 aromatic carbocycles. The van der Waals surface area contributed by atoms with Crippen LogP contribution >= 0.6 is 0 Å². The van der Waals surface area contributed by atoms with Gasteiger partial charge in [-0.2, -0.15) is 0 Å². The summed E-state index contributed by atoms with van der Waals surface area (Å²) in [6, 6.07) is 1.54. The van der Waals surface area contributed by atoms with Crippen LogP contribution in [0.2, 0.25) is 18.1 Å². The number of ether oxygens (including phenoxy) is 2. The summed E-state index contributed by atoms with van der Waals surface area (Å²) in [4.78, 5) is 0. The molecule has 0 amide bonds. The highest BCUT2D eigenvalue weighted by Gasteiger charge is 2.39. The van der Waals surface area contributed by atoms with Gasteiger partial charge in [0, 0.05) is 28.8 Å². The highest BCUT2D eigenvalue weighted by atomic mass is 28.4. The molecule has 0 saturated carbocycles. The van der Waals surface area contributed by atoms with Crippen molar-refractivity contribution in [1.29, 1.82) is 0 Å². The minimum atomic E-state index is -2.12. The lowest BCUT2D eigenvalue weighted by atomic mass is 9.96. The first-order valence-electron chi connectivity index (χ1n) is 10.2. The van der Waals surface area contributed by atoms with Crippen LogP contribution < -0.4 is 15.2 Å². The Morgan fingerprint density at radius 3 is 2.72 bits per heavy atom. The topological polar surface area (TPSA) is 47.9 Å². The van der Waals surface area contributed by atoms with Gasteiger partial charge in [0.25, 0.3) is 0 Å². The van der Waals surface area contributed by atoms with Gasteiger partial charge in [0.05, 0.1) is 13.2 Å². The quantitative estimate of drug-likeness (QED) is 0.749. The van der Waals surface area contributed by atoms with E-state index >= 15 is 4.39 Å². The maximum atomic E-state index is 15.3. The molecule has 1 aliphatic carbocycles. The summed E-state index contributed by atoms with van der Waals surface area (Å²) in [5.74, 6) is 1.09. The Morgan fingerprint density at radius 2 is 2.00 bits per heavy atom. The van der Waals surface area contributed by atoms with Crippen LogP contribution in [0.3, 0.4) is 0 Å². The van der Waals surface area contributed by atoms with Crippen LogP contribution in [0.5, 0.6) is 5.75 Å². The molecule has 6 heteroatoms. The third-order valence-electron chi connectivity index (χ3n) is 6.31. The summed E-state index contributed by atoms with van der Waals surface area (Å²) in [6.07, 6.45) is 6.02. The first-order chi connectivity index (χ1) is 13.6. The van der Waals surface area contributed by atoms with Gasteiger partial charge in [0.1, 0.15) is 17.3 Å². The predicted octanol–water partition coefficient (Wildman–Crippen LogP) is 3.58. The summed E-state index contributed by atoms with van der Waals surface area (Å²) in [7, 11) is -2.12. The molecule has 4 rings (SSSR count). The fourth-order valence-corrected chi connectivity index (χ4v) is 4.70. The fraction of sp³-hybridized carbons (Fsp3) is 0.478. The van der Waals surface area contributed by atoms with Gasteiger partial charge >= 0.3 is 0 Å². The third kappa shape index (κ3) is 3.69. The number of hydrogen-bond acceptors (Lipinski definition) is 4. The number of rotatable bonds is 2. The monoisotopic (exact) mass is 416 g/mol. The Kier molecular flexibility index (Phi) is 5.00. The van der Waals surface area contributed by atoms with Gasteiger partial charge < -0.3 is 19.0 Å². The molecule has 1 unspecified atom stereocenters. The molecule has 2 aliphatic heterocycles. The van der Waals surface area contributed by atoms with Gasteiger partial charge in [-0.05, 0) is 47.5 Å². The van der Waals surface area contributed by atoms with Crippen molar-refractivity contribution in [2.45, 2.75) is 58.0 Å². The lowest BCUT2D eigenvalue weighted by Crippen LogP contribution is -2.40. The zero-order chi connectivity index (χ0) is 21.0. The number of benzene rings is 1. The van der Waals surface area contributed by atoms with Gasteiger partial charge in [-0.25, -0.2) is 4.39 Å². The Labute approximate surface area is 172 Å². The van der Waals surface area contributed by atoms with Crippen molar-refractivity contribution in [2.75, 3.05) is 13.2 Å². The standard InChI is InChI=1S/C23H29FO4Si/c1-23(2,3)29(4,5)28-16-9-15-11-20(25)27-13-18(15)21-17(12-16)22-14(10-19(21)24)7-6-8-26-22/h7,9-10,12,20,25H,6,8,11,13H2,1-5H3. The highest BCUT2D eigenvalue weighted by Crippen LogP contribution is 2.40. The molecule has 1 fully saturated rings. The molecule has 29 heavy (non-hydrogen) atoms. The first kappa shape index (κ1) is 20.4. The molecule has 4 nitrogen and oxygen atoms in total. The Balaban J connectivity index is 1.97. The molecule has 0 bridgehead atoms. The van der Waals surface area contributed by atoms with Crippen molar-refractivity contribution in [3.8, 4) is 5.75 Å². The highest BCUT2D eigenvalue weighted by molar-refractivity contribution is 6.74. The number of aliphatic hydroxyl groups is 1. The van der Waals surface area contributed by atoms with E-state index in [9.17, 15) is 5.11 Å². The Morgan fingerprint density at radius 1 is 1.24 bits per heavy atom. The number of aliphatic hydroxyl groups excluding tert-OH is 1. The Hall–Kier alpha value is -1.89. The normalized spacial score (nSPS) is 21.5. The van der Waals surface area contributed by atoms with E-state index in [2.05, 4.69) is 33.9 Å². The maximum absolute atomic E-state index is 15.3. The summed E-state index contributed by atoms with van der Waals surface area (Å²) in [5.41, 5.74) is 2.31. The van der Waals surface area contributed by atoms with E-state index in [4.69, 9.17) is 13.9 Å². The molecule has 0 spiro atoms. The van der Waals surface area contributed by atoms with Crippen molar-refractivity contribution in [1.82, 2.24) is 0 Å². The molecular weight excluding hydrogens is 387 g/mol. The largest absolute Gasteiger partial charge is 0.543 e. The van der Waals surface area contributed by atoms with Crippen molar-refractivity contribution in [3.63, 3.8) is 0 Å². The average Bonchev–Trinajstić information content (AvgIpc) is 2.76. The van der Waals surface area contributed by atoms with E-state index in [0.717, 1.165) is 22.8 Å². The van der Waals surface area contributed by atoms with Gasteiger partial charge in [-0.3, -0.25) is 0 Å². The van der Waals surface area contributed by atoms with Crippen molar-refractivity contribution < 1.29 is 23.4 Å². The molecule has 156 valence electrons. The Bertz CT molecular complexity index is 1030. The van der Waals surface area contributed by atoms with Crippen molar-refractivity contribution >= 4 is 26.0 Å². The molecule has 0 aromatic heterocycles. The second-order valence-electron chi connectivity index (χ2n) is 9.43. The second kappa shape index (κ2) is 7.11. The molecule has 1 aromatic rings. The summed E-state index contributed by atoms with van der Waals surface area (Å²) in [5, 5.41) is 11.3. The first-order valence-corrected chi connectivity index (χ1v) is 13.1. The molecule has 2 heterocycles. The van der Waals surface area contributed by atoms with Crippen LogP contribution in [-0.4, -0.2) is 32.9 Å². The lowest BCUT2D eigenvalue weighted by Gasteiger charge is -2.37. The van der Waals surface area contributed by atoms with Crippen LogP contribution in [-0.2, 0) is 9.16 Å². The fourth-order valence-electron chi connectivity index (χ4n) is 3.69. The summed E-state index contributed by atoms with van der Waals surface area (Å²) >= 11 is 0. The van der Waals surface area contributed by atoms with Crippen LogP contribution in [0.1, 0.15) is 39.2 Å². The third-order valence-corrected chi connectivity index (χ3v) is 10.7. The van der Waals surface area contributed by atoms with E-state index in [0.29, 0.717) is 35.3 Å². The van der Waals surface area contributed by atoms with Crippen molar-refractivity contribution in [2.24, 2.45) is 0 Å². The SMILES string of the molecule is CC(C)(C)[Si](C)(C)OC1=Cc2c3c(cc(F)c2=C2COC(O)CC2=C1)=CCCO3. The zero-order valence-electron chi connectivity index (χ0n) is 17.8. The van der Waals surface area contributed by atoms with Crippen LogP contribution in [0.25, 0.3) is 17.7 Å². The molecule has 1 N–H and O–H groups in total. The lowest BCUT2D eigenvalue weighted by molar-refractivity contribution is -0.0918. The average molecular weight is 417 g/mol. The summed E-state index contributed by atoms with van der Waals surface area (Å²) in [6.45, 7) is 11.7. The molecule has 1 saturated heterocycles. The molecule has 3 aliphatic rings. The van der Waals surface area contributed by atoms with Crippen LogP contribution in [0, 0.1) is 5.82 Å². The minimum Gasteiger partial charge on any atom is -0.543 e. The van der Waals surface area contributed by atoms with Crippen molar-refractivity contribution in [3.05, 3.63) is 45.3 Å². The van der Waals surface area contributed by atoms with E-state index in [1.165, 1.54) is 6.07 Å². The van der Waals surface area contributed by atoms with E-state index in [1.54, 1.807) is 0 Å². The maximum Gasteiger partial charge on any atom is 0.250 e. The van der Waals surface area contributed by atoms with Gasteiger partial charge in [0.2, 0.25) is 8.32 Å². The van der Waals surface area contributed by atoms with E-state index in [1.807, 2.05) is 18.2 Å². The smallest absolute Gasteiger partial charge is 0.250 e. The second-order valence-corrected chi connectivity index (χ2v) is 14.2. The van der Waals surface area contributed by atoms with Gasteiger partial charge in [-0.1, -0.05) is 26.8 Å². The predicted molar refractivity (Wildman–Crippen MR) is 115 cm³/mol. The number of fused-ring (bicyclic) bond motifs is 4.